The molecule has 2 nitrogen and oxygen atoms in total. The first kappa shape index (κ1) is 13.6. The quantitative estimate of drug-likeness (QED) is 0.803. The minimum absolute atomic E-state index is 0.193. The number of hydrogen-bond donors (Lipinski definition) is 1. The summed E-state index contributed by atoms with van der Waals surface area (Å²) < 4.78 is 0. The molecule has 18 heavy (non-hydrogen) atoms. The van der Waals surface area contributed by atoms with Crippen LogP contribution in [0.2, 0.25) is 5.02 Å². The summed E-state index contributed by atoms with van der Waals surface area (Å²) in [5.41, 5.74) is 2.43. The molecule has 0 saturated carbocycles. The van der Waals surface area contributed by atoms with Crippen LogP contribution in [0, 0.1) is 0 Å². The summed E-state index contributed by atoms with van der Waals surface area (Å²) in [7, 11) is 0. The largest absolute Gasteiger partial charge is 0.305 e. The third kappa shape index (κ3) is 3.33. The maximum Gasteiger partial charge on any atom is 0.0801 e. The maximum atomic E-state index is 6.29. The average Bonchev–Trinajstić information content (AvgIpc) is 2.42. The van der Waals surface area contributed by atoms with Gasteiger partial charge < -0.3 is 5.32 Å². The molecule has 0 radical (unpaired) electrons. The number of pyridine rings is 1. The Morgan fingerprint density at radius 3 is 3.00 bits per heavy atom. The van der Waals surface area contributed by atoms with Crippen LogP contribution in [-0.4, -0.2) is 11.5 Å². The minimum atomic E-state index is 0.193. The lowest BCUT2D eigenvalue weighted by Gasteiger charge is -2.24. The van der Waals surface area contributed by atoms with Crippen LogP contribution in [0.25, 0.3) is 0 Å². The van der Waals surface area contributed by atoms with Gasteiger partial charge in [-0.15, -0.1) is 0 Å². The zero-order chi connectivity index (χ0) is 12.8. The van der Waals surface area contributed by atoms with Gasteiger partial charge in [-0.05, 0) is 50.8 Å². The molecule has 1 unspecified atom stereocenters. The molecule has 0 spiro atoms. The Labute approximate surface area is 114 Å². The third-order valence-corrected chi connectivity index (χ3v) is 3.68. The van der Waals surface area contributed by atoms with Crippen molar-refractivity contribution in [3.8, 4) is 0 Å². The van der Waals surface area contributed by atoms with Crippen LogP contribution >= 0.6 is 11.6 Å². The highest BCUT2D eigenvalue weighted by Crippen LogP contribution is 2.32. The minimum Gasteiger partial charge on any atom is -0.305 e. The van der Waals surface area contributed by atoms with E-state index >= 15 is 0 Å². The summed E-state index contributed by atoms with van der Waals surface area (Å²) in [4.78, 5) is 4.47. The van der Waals surface area contributed by atoms with E-state index in [1.54, 1.807) is 0 Å². The molecule has 1 atom stereocenters. The van der Waals surface area contributed by atoms with Crippen LogP contribution in [0.3, 0.4) is 0 Å². The smallest absolute Gasteiger partial charge is 0.0801 e. The van der Waals surface area contributed by atoms with E-state index in [1.807, 2.05) is 18.3 Å². The fourth-order valence-corrected chi connectivity index (χ4v) is 2.66. The second kappa shape index (κ2) is 6.91. The highest BCUT2D eigenvalue weighted by Gasteiger charge is 2.20. The Balaban J connectivity index is 2.24. The first-order chi connectivity index (χ1) is 8.83. The number of aromatic nitrogens is 1. The molecule has 0 saturated heterocycles. The predicted octanol–water partition coefficient (Wildman–Crippen LogP) is 4.28. The lowest BCUT2D eigenvalue weighted by atomic mass is 9.92. The number of nitrogens with zero attached hydrogens (tertiary/aromatic N) is 1. The van der Waals surface area contributed by atoms with Gasteiger partial charge in [-0.25, -0.2) is 0 Å². The SMILES string of the molecule is CCCNC(C1=CCCCC1)c1ncccc1Cl. The molecule has 1 N–H and O–H groups in total. The van der Waals surface area contributed by atoms with E-state index in [4.69, 9.17) is 11.6 Å². The van der Waals surface area contributed by atoms with Gasteiger partial charge in [0.25, 0.3) is 0 Å². The Bertz CT molecular complexity index is 415. The number of rotatable bonds is 5. The molecule has 0 bridgehead atoms. The molecule has 1 aromatic heterocycles. The van der Waals surface area contributed by atoms with Gasteiger partial charge in [0, 0.05) is 6.20 Å². The summed E-state index contributed by atoms with van der Waals surface area (Å²) >= 11 is 6.29. The highest BCUT2D eigenvalue weighted by atomic mass is 35.5. The standard InChI is InChI=1S/C15H21ClN2/c1-2-10-17-14(12-7-4-3-5-8-12)15-13(16)9-6-11-18-15/h6-7,9,11,14,17H,2-5,8,10H2,1H3. The average molecular weight is 265 g/mol. The van der Waals surface area contributed by atoms with E-state index in [-0.39, 0.29) is 6.04 Å². The molecular formula is C15H21ClN2. The highest BCUT2D eigenvalue weighted by molar-refractivity contribution is 6.31. The van der Waals surface area contributed by atoms with Crippen LogP contribution in [0.1, 0.15) is 50.8 Å². The van der Waals surface area contributed by atoms with Crippen molar-refractivity contribution in [2.24, 2.45) is 0 Å². The van der Waals surface area contributed by atoms with Crippen LogP contribution in [0.15, 0.2) is 30.0 Å². The molecule has 1 aliphatic carbocycles. The van der Waals surface area contributed by atoms with E-state index in [9.17, 15) is 0 Å². The van der Waals surface area contributed by atoms with Crippen LogP contribution in [0.4, 0.5) is 0 Å². The first-order valence-electron chi connectivity index (χ1n) is 6.85. The first-order valence-corrected chi connectivity index (χ1v) is 7.23. The van der Waals surface area contributed by atoms with E-state index in [2.05, 4.69) is 23.3 Å². The van der Waals surface area contributed by atoms with Crippen LogP contribution < -0.4 is 5.32 Å². The summed E-state index contributed by atoms with van der Waals surface area (Å²) in [6.07, 6.45) is 10.2. The van der Waals surface area contributed by atoms with Crippen molar-refractivity contribution in [1.29, 1.82) is 0 Å². The van der Waals surface area contributed by atoms with Gasteiger partial charge in [-0.2, -0.15) is 0 Å². The third-order valence-electron chi connectivity index (χ3n) is 3.36. The molecule has 0 amide bonds. The molecule has 0 aliphatic heterocycles. The second-order valence-electron chi connectivity index (χ2n) is 4.78. The zero-order valence-electron chi connectivity index (χ0n) is 11.0. The molecular weight excluding hydrogens is 244 g/mol. The fraction of sp³-hybridized carbons (Fsp3) is 0.533. The molecule has 2 rings (SSSR count). The lowest BCUT2D eigenvalue weighted by Crippen LogP contribution is -2.25. The summed E-state index contributed by atoms with van der Waals surface area (Å²) in [5.74, 6) is 0. The monoisotopic (exact) mass is 264 g/mol. The molecule has 98 valence electrons. The van der Waals surface area contributed by atoms with Crippen molar-refractivity contribution in [1.82, 2.24) is 10.3 Å². The lowest BCUT2D eigenvalue weighted by molar-refractivity contribution is 0.537. The van der Waals surface area contributed by atoms with Crippen LogP contribution in [0.5, 0.6) is 0 Å². The van der Waals surface area contributed by atoms with Gasteiger partial charge in [-0.1, -0.05) is 30.2 Å². The van der Waals surface area contributed by atoms with Crippen molar-refractivity contribution in [3.05, 3.63) is 40.7 Å². The van der Waals surface area contributed by atoms with Crippen molar-refractivity contribution >= 4 is 11.6 Å². The number of allylic oxidation sites excluding steroid dienone is 1. The molecule has 0 fully saturated rings. The predicted molar refractivity (Wildman–Crippen MR) is 76.8 cm³/mol. The van der Waals surface area contributed by atoms with Gasteiger partial charge in [0.05, 0.1) is 16.8 Å². The van der Waals surface area contributed by atoms with Crippen LogP contribution in [-0.2, 0) is 0 Å². The van der Waals surface area contributed by atoms with Crippen molar-refractivity contribution in [2.75, 3.05) is 6.54 Å². The summed E-state index contributed by atoms with van der Waals surface area (Å²) in [5, 5.41) is 4.34. The second-order valence-corrected chi connectivity index (χ2v) is 5.19. The fourth-order valence-electron chi connectivity index (χ4n) is 2.43. The Morgan fingerprint density at radius 2 is 2.33 bits per heavy atom. The molecule has 3 heteroatoms. The topological polar surface area (TPSA) is 24.9 Å². The molecule has 1 aliphatic rings. The maximum absolute atomic E-state index is 6.29. The van der Waals surface area contributed by atoms with Crippen molar-refractivity contribution in [2.45, 2.75) is 45.1 Å². The van der Waals surface area contributed by atoms with Gasteiger partial charge in [0.15, 0.2) is 0 Å². The number of hydrogen-bond acceptors (Lipinski definition) is 2. The van der Waals surface area contributed by atoms with Crippen molar-refractivity contribution in [3.63, 3.8) is 0 Å². The summed E-state index contributed by atoms with van der Waals surface area (Å²) in [6.45, 7) is 3.17. The Morgan fingerprint density at radius 1 is 1.44 bits per heavy atom. The van der Waals surface area contributed by atoms with Gasteiger partial charge in [0.2, 0.25) is 0 Å². The van der Waals surface area contributed by atoms with Gasteiger partial charge in [-0.3, -0.25) is 4.98 Å². The zero-order valence-corrected chi connectivity index (χ0v) is 11.7. The van der Waals surface area contributed by atoms with E-state index in [0.29, 0.717) is 0 Å². The summed E-state index contributed by atoms with van der Waals surface area (Å²) in [6, 6.07) is 4.00. The molecule has 1 heterocycles. The number of halogens is 1. The normalized spacial score (nSPS) is 17.3. The molecule has 0 aromatic carbocycles. The molecule has 1 aromatic rings. The van der Waals surface area contributed by atoms with E-state index in [1.165, 1.54) is 24.8 Å². The van der Waals surface area contributed by atoms with E-state index in [0.717, 1.165) is 30.1 Å². The van der Waals surface area contributed by atoms with E-state index < -0.39 is 0 Å². The number of nitrogens with one attached hydrogen (secondary N) is 1. The van der Waals surface area contributed by atoms with Gasteiger partial charge >= 0.3 is 0 Å². The van der Waals surface area contributed by atoms with Gasteiger partial charge in [0.1, 0.15) is 0 Å². The Hall–Kier alpha value is -0.860. The Kier molecular flexibility index (Phi) is 5.21. The van der Waals surface area contributed by atoms with Crippen molar-refractivity contribution < 1.29 is 0 Å².